The van der Waals surface area contributed by atoms with Crippen LogP contribution in [0.2, 0.25) is 0 Å². The van der Waals surface area contributed by atoms with E-state index < -0.39 is 40.2 Å². The summed E-state index contributed by atoms with van der Waals surface area (Å²) in [5.41, 5.74) is 0.355. The average molecular weight is 423 g/mol. The predicted molar refractivity (Wildman–Crippen MR) is 95.5 cm³/mol. The highest BCUT2D eigenvalue weighted by Crippen LogP contribution is 2.26. The van der Waals surface area contributed by atoms with Crippen LogP contribution in [0.15, 0.2) is 30.9 Å². The molecule has 0 saturated heterocycles. The minimum absolute atomic E-state index is 0.0374. The van der Waals surface area contributed by atoms with Gasteiger partial charge in [0.2, 0.25) is 6.10 Å². The van der Waals surface area contributed by atoms with Crippen LogP contribution in [-0.4, -0.2) is 57.5 Å². The van der Waals surface area contributed by atoms with Gasteiger partial charge in [0, 0.05) is 5.69 Å². The van der Waals surface area contributed by atoms with Crippen LogP contribution in [0.4, 0.5) is 23.7 Å². The molecule has 1 amide bonds. The summed E-state index contributed by atoms with van der Waals surface area (Å²) >= 11 is 0. The Hall–Kier alpha value is -2.54. The number of carbonyl (C=O) groups excluding carboxylic acids is 2. The van der Waals surface area contributed by atoms with Crippen LogP contribution in [-0.2, 0) is 25.9 Å². The molecule has 2 N–H and O–H groups in total. The van der Waals surface area contributed by atoms with Gasteiger partial charge in [-0.2, -0.15) is 21.6 Å². The van der Waals surface area contributed by atoms with Gasteiger partial charge in [-0.1, -0.05) is 19.0 Å². The number of alkyl halides is 3. The number of benzene rings is 1. The van der Waals surface area contributed by atoms with Crippen molar-refractivity contribution in [2.24, 2.45) is 0 Å². The molecule has 0 aliphatic carbocycles. The van der Waals surface area contributed by atoms with Crippen LogP contribution in [0.5, 0.6) is 0 Å². The molecule has 1 aromatic rings. The molecule has 0 fully saturated rings. The monoisotopic (exact) mass is 423 g/mol. The van der Waals surface area contributed by atoms with Gasteiger partial charge in [0.05, 0.1) is 5.56 Å². The van der Waals surface area contributed by atoms with E-state index in [0.717, 1.165) is 6.07 Å². The molecule has 28 heavy (non-hydrogen) atoms. The molecule has 0 radical (unpaired) electrons. The highest BCUT2D eigenvalue weighted by Gasteiger charge is 2.45. The summed E-state index contributed by atoms with van der Waals surface area (Å²) in [5.74, 6) is -3.26. The predicted octanol–water partition coefficient (Wildman–Crippen LogP) is 1.53. The quantitative estimate of drug-likeness (QED) is 0.282. The Balaban J connectivity index is 3.01. The number of carbonyl (C=O) groups is 2. The number of halogens is 3. The van der Waals surface area contributed by atoms with Crippen molar-refractivity contribution in [3.63, 3.8) is 0 Å². The van der Waals surface area contributed by atoms with Crippen LogP contribution < -0.4 is 5.32 Å². The SMILES string of the molecule is BCc1cc(C(=O)OC(CS(=O)(=O)O)C(F)(F)F)ccc1NC(=O)OCC=C. The molecular weight excluding hydrogens is 406 g/mol. The highest BCUT2D eigenvalue weighted by atomic mass is 32.2. The molecule has 1 rings (SSSR count). The smallest absolute Gasteiger partial charge is 0.426 e. The standard InChI is InChI=1S/C15H17BF3NO7S/c1-2-5-26-14(22)20-11-4-3-9(6-10(11)7-16)13(21)27-12(15(17,18)19)8-28(23,24)25/h2-4,6,12H,1,5,7-8,16H2,(H,20,22)(H,23,24,25). The maximum absolute atomic E-state index is 12.9. The molecule has 0 heterocycles. The molecule has 1 aromatic carbocycles. The molecule has 0 aliphatic heterocycles. The lowest BCUT2D eigenvalue weighted by Crippen LogP contribution is -2.39. The first-order valence-corrected chi connectivity index (χ1v) is 9.38. The van der Waals surface area contributed by atoms with Crippen molar-refractivity contribution in [3.8, 4) is 0 Å². The van der Waals surface area contributed by atoms with Crippen molar-refractivity contribution < 1.29 is 45.2 Å². The second kappa shape index (κ2) is 9.60. The fraction of sp³-hybridized carbons (Fsp3) is 0.333. The van der Waals surface area contributed by atoms with Gasteiger partial charge < -0.3 is 9.47 Å². The van der Waals surface area contributed by atoms with Crippen molar-refractivity contribution in [2.75, 3.05) is 17.7 Å². The number of ether oxygens (including phenoxy) is 2. The molecule has 0 spiro atoms. The number of hydrogen-bond donors (Lipinski definition) is 2. The van der Waals surface area contributed by atoms with Crippen LogP contribution in [0.1, 0.15) is 15.9 Å². The Bertz CT molecular complexity index is 843. The van der Waals surface area contributed by atoms with Crippen LogP contribution in [0.3, 0.4) is 0 Å². The fourth-order valence-corrected chi connectivity index (χ4v) is 2.64. The zero-order chi connectivity index (χ0) is 21.5. The molecule has 0 saturated carbocycles. The van der Waals surface area contributed by atoms with Crippen molar-refractivity contribution in [1.29, 1.82) is 0 Å². The summed E-state index contributed by atoms with van der Waals surface area (Å²) in [7, 11) is -3.37. The number of esters is 1. The van der Waals surface area contributed by atoms with E-state index in [0.29, 0.717) is 11.9 Å². The lowest BCUT2D eigenvalue weighted by molar-refractivity contribution is -0.197. The first-order chi connectivity index (χ1) is 12.9. The van der Waals surface area contributed by atoms with E-state index in [1.54, 1.807) is 7.85 Å². The molecule has 0 bridgehead atoms. The van der Waals surface area contributed by atoms with Gasteiger partial charge in [0.1, 0.15) is 20.2 Å². The summed E-state index contributed by atoms with van der Waals surface area (Å²) < 4.78 is 77.6. The highest BCUT2D eigenvalue weighted by molar-refractivity contribution is 7.85. The first kappa shape index (κ1) is 23.5. The maximum Gasteiger partial charge on any atom is 0.426 e. The summed E-state index contributed by atoms with van der Waals surface area (Å²) in [5, 5.41) is 2.41. The van der Waals surface area contributed by atoms with Gasteiger partial charge in [-0.25, -0.2) is 9.59 Å². The molecule has 0 aliphatic rings. The molecule has 154 valence electrons. The van der Waals surface area contributed by atoms with E-state index in [-0.39, 0.29) is 17.9 Å². The molecule has 0 aromatic heterocycles. The minimum atomic E-state index is -5.20. The van der Waals surface area contributed by atoms with Gasteiger partial charge >= 0.3 is 18.2 Å². The normalized spacial score (nSPS) is 12.7. The van der Waals surface area contributed by atoms with Gasteiger partial charge in [-0.05, 0) is 23.8 Å². The summed E-state index contributed by atoms with van der Waals surface area (Å²) in [6.45, 7) is 3.34. The summed E-state index contributed by atoms with van der Waals surface area (Å²) in [4.78, 5) is 23.6. The topological polar surface area (TPSA) is 119 Å². The second-order valence-corrected chi connectivity index (χ2v) is 6.92. The van der Waals surface area contributed by atoms with Gasteiger partial charge in [0.15, 0.2) is 0 Å². The van der Waals surface area contributed by atoms with Crippen LogP contribution in [0, 0.1) is 0 Å². The molecule has 8 nitrogen and oxygen atoms in total. The van der Waals surface area contributed by atoms with Gasteiger partial charge in [-0.15, -0.1) is 0 Å². The third-order valence-electron chi connectivity index (χ3n) is 3.27. The maximum atomic E-state index is 12.9. The summed E-state index contributed by atoms with van der Waals surface area (Å²) in [6, 6.07) is 3.54. The first-order valence-electron chi connectivity index (χ1n) is 7.77. The average Bonchev–Trinajstić information content (AvgIpc) is 2.57. The minimum Gasteiger partial charge on any atom is -0.448 e. The van der Waals surface area contributed by atoms with Gasteiger partial charge in [0.25, 0.3) is 10.1 Å². The van der Waals surface area contributed by atoms with E-state index >= 15 is 0 Å². The van der Waals surface area contributed by atoms with Crippen molar-refractivity contribution in [3.05, 3.63) is 42.0 Å². The van der Waals surface area contributed by atoms with Gasteiger partial charge in [-0.3, -0.25) is 9.87 Å². The van der Waals surface area contributed by atoms with Crippen LogP contribution in [0.25, 0.3) is 0 Å². The number of hydrogen-bond acceptors (Lipinski definition) is 6. The van der Waals surface area contributed by atoms with E-state index in [9.17, 15) is 31.2 Å². The second-order valence-electron chi connectivity index (χ2n) is 5.42. The van der Waals surface area contributed by atoms with E-state index in [1.165, 1.54) is 18.2 Å². The van der Waals surface area contributed by atoms with Crippen molar-refractivity contribution in [2.45, 2.75) is 18.6 Å². The molecule has 1 atom stereocenters. The third-order valence-corrected chi connectivity index (χ3v) is 3.99. The third kappa shape index (κ3) is 7.60. The molecule has 13 heteroatoms. The van der Waals surface area contributed by atoms with E-state index in [4.69, 9.17) is 9.29 Å². The Morgan fingerprint density at radius 1 is 1.36 bits per heavy atom. The van der Waals surface area contributed by atoms with E-state index in [2.05, 4.69) is 16.6 Å². The lowest BCUT2D eigenvalue weighted by Gasteiger charge is -2.20. The zero-order valence-electron chi connectivity index (χ0n) is 14.7. The Morgan fingerprint density at radius 2 is 2.00 bits per heavy atom. The largest absolute Gasteiger partial charge is 0.448 e. The number of anilines is 1. The van der Waals surface area contributed by atoms with E-state index in [1.807, 2.05) is 0 Å². The van der Waals surface area contributed by atoms with Crippen molar-refractivity contribution in [1.82, 2.24) is 0 Å². The lowest BCUT2D eigenvalue weighted by atomic mass is 9.94. The van der Waals surface area contributed by atoms with Crippen LogP contribution >= 0.6 is 0 Å². The van der Waals surface area contributed by atoms with Crippen molar-refractivity contribution >= 4 is 35.7 Å². The number of nitrogens with one attached hydrogen (secondary N) is 1. The fourth-order valence-electron chi connectivity index (χ4n) is 2.00. The number of rotatable bonds is 8. The molecular formula is C15H17BF3NO7S. The number of amides is 1. The Kier molecular flexibility index (Phi) is 8.06. The Labute approximate surface area is 159 Å². The summed E-state index contributed by atoms with van der Waals surface area (Å²) in [6.07, 6.45) is -7.38. The Morgan fingerprint density at radius 3 is 2.50 bits per heavy atom. The zero-order valence-corrected chi connectivity index (χ0v) is 15.5. The molecule has 1 unspecified atom stereocenters.